The zero-order valence-corrected chi connectivity index (χ0v) is 14.6. The van der Waals surface area contributed by atoms with Crippen LogP contribution in [0.5, 0.6) is 0 Å². The zero-order valence-electron chi connectivity index (χ0n) is 14.6. The number of urea groups is 1. The fraction of sp³-hybridized carbons (Fsp3) is 0.684. The van der Waals surface area contributed by atoms with Crippen molar-refractivity contribution in [2.45, 2.75) is 45.1 Å². The molecule has 3 N–H and O–H groups in total. The van der Waals surface area contributed by atoms with Crippen LogP contribution in [-0.2, 0) is 0 Å². The maximum Gasteiger partial charge on any atom is 0.315 e. The summed E-state index contributed by atoms with van der Waals surface area (Å²) < 4.78 is 0. The lowest BCUT2D eigenvalue weighted by Crippen LogP contribution is -2.49. The molecule has 1 aromatic heterocycles. The van der Waals surface area contributed by atoms with E-state index in [9.17, 15) is 9.90 Å². The third kappa shape index (κ3) is 3.56. The molecule has 2 saturated carbocycles. The fourth-order valence-electron chi connectivity index (χ4n) is 4.64. The Labute approximate surface area is 144 Å². The number of fused-ring (bicyclic) bond motifs is 2. The highest BCUT2D eigenvalue weighted by atomic mass is 16.3. The van der Waals surface area contributed by atoms with Crippen molar-refractivity contribution in [3.63, 3.8) is 0 Å². The Hall–Kier alpha value is -1.62. The normalized spacial score (nSPS) is 29.7. The first-order valence-electron chi connectivity index (χ1n) is 9.15. The zero-order chi connectivity index (χ0) is 17.1. The number of aromatic nitrogens is 1. The Morgan fingerprint density at radius 2 is 2.17 bits per heavy atom. The van der Waals surface area contributed by atoms with Gasteiger partial charge in [-0.3, -0.25) is 4.98 Å². The predicted octanol–water partition coefficient (Wildman–Crippen LogP) is 2.53. The van der Waals surface area contributed by atoms with Gasteiger partial charge in [-0.15, -0.1) is 0 Å². The Morgan fingerprint density at radius 3 is 2.83 bits per heavy atom. The van der Waals surface area contributed by atoms with E-state index in [0.717, 1.165) is 12.0 Å². The Morgan fingerprint density at radius 1 is 1.38 bits per heavy atom. The molecule has 2 bridgehead atoms. The third-order valence-electron chi connectivity index (χ3n) is 6.00. The quantitative estimate of drug-likeness (QED) is 0.750. The van der Waals surface area contributed by atoms with Gasteiger partial charge >= 0.3 is 6.03 Å². The predicted molar refractivity (Wildman–Crippen MR) is 93.5 cm³/mol. The Kier molecular flexibility index (Phi) is 5.39. The molecule has 2 aliphatic rings. The topological polar surface area (TPSA) is 74.2 Å². The molecule has 3 rings (SSSR count). The van der Waals surface area contributed by atoms with Crippen molar-refractivity contribution in [1.29, 1.82) is 0 Å². The van der Waals surface area contributed by atoms with Gasteiger partial charge in [-0.25, -0.2) is 4.79 Å². The SMILES string of the molecule is CC(C)C(CNC(=O)NC1C2CCC(C2)C1CO)c1cccnc1. The molecule has 132 valence electrons. The van der Waals surface area contributed by atoms with E-state index in [1.54, 1.807) is 6.20 Å². The van der Waals surface area contributed by atoms with Crippen LogP contribution >= 0.6 is 0 Å². The highest BCUT2D eigenvalue weighted by molar-refractivity contribution is 5.74. The number of hydrogen-bond donors (Lipinski definition) is 3. The first kappa shape index (κ1) is 17.2. The Bertz CT molecular complexity index is 549. The summed E-state index contributed by atoms with van der Waals surface area (Å²) in [6.07, 6.45) is 7.18. The number of amides is 2. The smallest absolute Gasteiger partial charge is 0.315 e. The molecule has 0 spiro atoms. The molecule has 0 radical (unpaired) electrons. The second-order valence-electron chi connectivity index (χ2n) is 7.70. The van der Waals surface area contributed by atoms with Gasteiger partial charge in [-0.05, 0) is 48.6 Å². The molecule has 1 heterocycles. The molecular weight excluding hydrogens is 302 g/mol. The second kappa shape index (κ2) is 7.51. The molecule has 2 amide bonds. The Balaban J connectivity index is 1.55. The van der Waals surface area contributed by atoms with Crippen molar-refractivity contribution < 1.29 is 9.90 Å². The number of carbonyl (C=O) groups is 1. The minimum absolute atomic E-state index is 0.111. The van der Waals surface area contributed by atoms with Gasteiger partial charge in [0.05, 0.1) is 0 Å². The molecule has 5 nitrogen and oxygen atoms in total. The summed E-state index contributed by atoms with van der Waals surface area (Å²) in [5.41, 5.74) is 1.15. The van der Waals surface area contributed by atoms with Gasteiger partial charge < -0.3 is 15.7 Å². The molecule has 0 aliphatic heterocycles. The average molecular weight is 331 g/mol. The fourth-order valence-corrected chi connectivity index (χ4v) is 4.64. The summed E-state index contributed by atoms with van der Waals surface area (Å²) in [6.45, 7) is 5.10. The minimum Gasteiger partial charge on any atom is -0.396 e. The van der Waals surface area contributed by atoms with E-state index in [-0.39, 0.29) is 30.5 Å². The van der Waals surface area contributed by atoms with Crippen molar-refractivity contribution in [2.75, 3.05) is 13.2 Å². The van der Waals surface area contributed by atoms with Crippen molar-refractivity contribution in [2.24, 2.45) is 23.7 Å². The summed E-state index contributed by atoms with van der Waals surface area (Å²) in [4.78, 5) is 16.6. The summed E-state index contributed by atoms with van der Waals surface area (Å²) in [5, 5.41) is 15.8. The lowest BCUT2D eigenvalue weighted by atomic mass is 9.85. The lowest BCUT2D eigenvalue weighted by molar-refractivity contribution is 0.144. The van der Waals surface area contributed by atoms with Crippen LogP contribution in [-0.4, -0.2) is 35.3 Å². The van der Waals surface area contributed by atoms with E-state index in [1.807, 2.05) is 12.3 Å². The molecule has 2 fully saturated rings. The number of rotatable bonds is 6. The van der Waals surface area contributed by atoms with Crippen LogP contribution in [0.25, 0.3) is 0 Å². The van der Waals surface area contributed by atoms with Crippen LogP contribution in [0.3, 0.4) is 0 Å². The summed E-state index contributed by atoms with van der Waals surface area (Å²) in [7, 11) is 0. The van der Waals surface area contributed by atoms with Gasteiger partial charge in [0.15, 0.2) is 0 Å². The molecule has 24 heavy (non-hydrogen) atoms. The second-order valence-corrected chi connectivity index (χ2v) is 7.70. The highest BCUT2D eigenvalue weighted by Crippen LogP contribution is 2.48. The van der Waals surface area contributed by atoms with Crippen LogP contribution in [0.4, 0.5) is 4.79 Å². The van der Waals surface area contributed by atoms with E-state index in [2.05, 4.69) is 35.5 Å². The first-order chi connectivity index (χ1) is 11.6. The van der Waals surface area contributed by atoms with Gasteiger partial charge in [-0.2, -0.15) is 0 Å². The largest absolute Gasteiger partial charge is 0.396 e. The van der Waals surface area contributed by atoms with E-state index in [0.29, 0.717) is 24.3 Å². The summed E-state index contributed by atoms with van der Waals surface area (Å²) in [6, 6.07) is 4.02. The van der Waals surface area contributed by atoms with Crippen LogP contribution in [0.2, 0.25) is 0 Å². The summed E-state index contributed by atoms with van der Waals surface area (Å²) >= 11 is 0. The van der Waals surface area contributed by atoms with Gasteiger partial charge in [0.25, 0.3) is 0 Å². The van der Waals surface area contributed by atoms with Crippen molar-refractivity contribution in [1.82, 2.24) is 15.6 Å². The molecule has 1 aromatic rings. The molecule has 0 saturated heterocycles. The molecular formula is C19H29N3O2. The third-order valence-corrected chi connectivity index (χ3v) is 6.00. The number of aliphatic hydroxyl groups excluding tert-OH is 1. The van der Waals surface area contributed by atoms with Crippen LogP contribution in [0, 0.1) is 23.7 Å². The standard InChI is InChI=1S/C19H29N3O2/c1-12(2)16(15-4-3-7-20-9-15)10-21-19(24)22-18-14-6-5-13(8-14)17(18)11-23/h3-4,7,9,12-14,16-18,23H,5-6,8,10-11H2,1-2H3,(H2,21,22,24). The van der Waals surface area contributed by atoms with Gasteiger partial charge in [0.2, 0.25) is 0 Å². The molecule has 5 unspecified atom stereocenters. The number of aliphatic hydroxyl groups is 1. The van der Waals surface area contributed by atoms with Crippen molar-refractivity contribution in [3.8, 4) is 0 Å². The van der Waals surface area contributed by atoms with Crippen molar-refractivity contribution >= 4 is 6.03 Å². The highest BCUT2D eigenvalue weighted by Gasteiger charge is 2.47. The van der Waals surface area contributed by atoms with E-state index >= 15 is 0 Å². The number of nitrogens with zero attached hydrogens (tertiary/aromatic N) is 1. The van der Waals surface area contributed by atoms with E-state index in [4.69, 9.17) is 0 Å². The first-order valence-corrected chi connectivity index (χ1v) is 9.15. The van der Waals surface area contributed by atoms with E-state index in [1.165, 1.54) is 12.8 Å². The van der Waals surface area contributed by atoms with Crippen molar-refractivity contribution in [3.05, 3.63) is 30.1 Å². The maximum absolute atomic E-state index is 12.4. The average Bonchev–Trinajstić information content (AvgIpc) is 3.17. The van der Waals surface area contributed by atoms with Crippen LogP contribution < -0.4 is 10.6 Å². The number of nitrogens with one attached hydrogen (secondary N) is 2. The summed E-state index contributed by atoms with van der Waals surface area (Å²) in [5.74, 6) is 2.02. The lowest BCUT2D eigenvalue weighted by Gasteiger charge is -2.31. The number of hydrogen-bond acceptors (Lipinski definition) is 3. The van der Waals surface area contributed by atoms with Crippen LogP contribution in [0.1, 0.15) is 44.6 Å². The molecule has 0 aromatic carbocycles. The monoisotopic (exact) mass is 331 g/mol. The maximum atomic E-state index is 12.4. The van der Waals surface area contributed by atoms with Gasteiger partial charge in [0.1, 0.15) is 0 Å². The molecule has 5 heteroatoms. The number of pyridine rings is 1. The van der Waals surface area contributed by atoms with Gasteiger partial charge in [0, 0.05) is 43.4 Å². The molecule has 5 atom stereocenters. The minimum atomic E-state index is -0.111. The number of carbonyl (C=O) groups excluding carboxylic acids is 1. The molecule has 2 aliphatic carbocycles. The van der Waals surface area contributed by atoms with E-state index < -0.39 is 0 Å². The van der Waals surface area contributed by atoms with Crippen LogP contribution in [0.15, 0.2) is 24.5 Å². The van der Waals surface area contributed by atoms with Gasteiger partial charge in [-0.1, -0.05) is 19.9 Å².